The lowest BCUT2D eigenvalue weighted by Gasteiger charge is -2.40. The minimum atomic E-state index is -0.491. The molecular formula is C21H33N5O3. The summed E-state index contributed by atoms with van der Waals surface area (Å²) in [5.74, 6) is 0.590. The zero-order valence-corrected chi connectivity index (χ0v) is 18.0. The van der Waals surface area contributed by atoms with Crippen LogP contribution in [0.5, 0.6) is 0 Å². The van der Waals surface area contributed by atoms with Gasteiger partial charge in [-0.05, 0) is 44.9 Å². The molecular weight excluding hydrogens is 370 g/mol. The van der Waals surface area contributed by atoms with Gasteiger partial charge >= 0.3 is 6.09 Å². The second-order valence-electron chi connectivity index (χ2n) is 8.11. The van der Waals surface area contributed by atoms with E-state index in [1.165, 1.54) is 0 Å². The lowest BCUT2D eigenvalue weighted by Crippen LogP contribution is -2.63. The molecule has 0 atom stereocenters. The third kappa shape index (κ3) is 7.29. The minimum Gasteiger partial charge on any atom is -0.444 e. The predicted molar refractivity (Wildman–Crippen MR) is 114 cm³/mol. The maximum absolute atomic E-state index is 12.1. The van der Waals surface area contributed by atoms with Gasteiger partial charge in [0.05, 0.1) is 6.04 Å². The van der Waals surface area contributed by atoms with Crippen LogP contribution in [0.15, 0.2) is 29.3 Å². The van der Waals surface area contributed by atoms with Crippen molar-refractivity contribution in [2.45, 2.75) is 52.3 Å². The number of guanidine groups is 1. The van der Waals surface area contributed by atoms with E-state index in [2.05, 4.69) is 20.9 Å². The van der Waals surface area contributed by atoms with Crippen LogP contribution in [0.25, 0.3) is 0 Å². The number of hydrogen-bond donors (Lipinski definition) is 3. The summed E-state index contributed by atoms with van der Waals surface area (Å²) in [6.45, 7) is 9.94. The molecule has 160 valence electrons. The summed E-state index contributed by atoms with van der Waals surface area (Å²) in [7, 11) is 1.70. The van der Waals surface area contributed by atoms with Crippen molar-refractivity contribution in [3.8, 4) is 0 Å². The van der Waals surface area contributed by atoms with E-state index >= 15 is 0 Å². The normalized spacial score (nSPS) is 14.8. The molecule has 1 aliphatic heterocycles. The van der Waals surface area contributed by atoms with E-state index in [9.17, 15) is 9.59 Å². The molecule has 8 heteroatoms. The first-order valence-corrected chi connectivity index (χ1v) is 10.0. The number of hydrogen-bond acceptors (Lipinski definition) is 4. The first kappa shape index (κ1) is 22.5. The molecule has 1 saturated heterocycles. The average Bonchev–Trinajstić information content (AvgIpc) is 2.63. The summed E-state index contributed by atoms with van der Waals surface area (Å²) < 4.78 is 5.36. The number of aliphatic imine (C=N–C) groups is 1. The quantitative estimate of drug-likeness (QED) is 0.500. The minimum absolute atomic E-state index is 0.0621. The molecule has 0 saturated carbocycles. The SMILES string of the molecule is CCCNC(=O)c1cccc(CNC(=NC)NC2CN(C(=O)OC(C)(C)C)C2)c1. The maximum atomic E-state index is 12.1. The molecule has 29 heavy (non-hydrogen) atoms. The van der Waals surface area contributed by atoms with Gasteiger partial charge in [0.1, 0.15) is 5.60 Å². The van der Waals surface area contributed by atoms with Crippen molar-refractivity contribution >= 4 is 18.0 Å². The van der Waals surface area contributed by atoms with Crippen LogP contribution in [-0.2, 0) is 11.3 Å². The molecule has 0 unspecified atom stereocenters. The lowest BCUT2D eigenvalue weighted by atomic mass is 10.1. The summed E-state index contributed by atoms with van der Waals surface area (Å²) in [5.41, 5.74) is 1.14. The summed E-state index contributed by atoms with van der Waals surface area (Å²) >= 11 is 0. The molecule has 0 spiro atoms. The number of nitrogens with zero attached hydrogens (tertiary/aromatic N) is 2. The number of carbonyl (C=O) groups excluding carboxylic acids is 2. The molecule has 2 amide bonds. The van der Waals surface area contributed by atoms with Gasteiger partial charge in [0, 0.05) is 38.8 Å². The van der Waals surface area contributed by atoms with Crippen LogP contribution in [-0.4, -0.2) is 61.2 Å². The average molecular weight is 404 g/mol. The van der Waals surface area contributed by atoms with Gasteiger partial charge in [-0.2, -0.15) is 0 Å². The Hall–Kier alpha value is -2.77. The summed E-state index contributed by atoms with van der Waals surface area (Å²) in [6.07, 6.45) is 0.610. The Labute approximate surface area is 173 Å². The highest BCUT2D eigenvalue weighted by Crippen LogP contribution is 2.15. The van der Waals surface area contributed by atoms with Crippen molar-refractivity contribution < 1.29 is 14.3 Å². The Kier molecular flexibility index (Phi) is 7.87. The molecule has 2 rings (SSSR count). The van der Waals surface area contributed by atoms with Crippen LogP contribution in [0.1, 0.15) is 50.0 Å². The fourth-order valence-corrected chi connectivity index (χ4v) is 2.78. The molecule has 3 N–H and O–H groups in total. The zero-order chi connectivity index (χ0) is 21.4. The monoisotopic (exact) mass is 403 g/mol. The largest absolute Gasteiger partial charge is 0.444 e. The number of carbonyl (C=O) groups is 2. The van der Waals surface area contributed by atoms with Gasteiger partial charge in [-0.15, -0.1) is 0 Å². The highest BCUT2D eigenvalue weighted by molar-refractivity contribution is 5.94. The van der Waals surface area contributed by atoms with Gasteiger partial charge in [-0.25, -0.2) is 4.79 Å². The van der Waals surface area contributed by atoms with Crippen molar-refractivity contribution in [1.29, 1.82) is 0 Å². The smallest absolute Gasteiger partial charge is 0.410 e. The highest BCUT2D eigenvalue weighted by Gasteiger charge is 2.34. The van der Waals surface area contributed by atoms with E-state index < -0.39 is 5.60 Å². The zero-order valence-electron chi connectivity index (χ0n) is 18.0. The molecule has 1 heterocycles. The van der Waals surface area contributed by atoms with Crippen LogP contribution >= 0.6 is 0 Å². The van der Waals surface area contributed by atoms with E-state index in [4.69, 9.17) is 4.74 Å². The number of nitrogens with one attached hydrogen (secondary N) is 3. The topological polar surface area (TPSA) is 95.1 Å². The van der Waals surface area contributed by atoms with Gasteiger partial charge in [-0.3, -0.25) is 9.79 Å². The van der Waals surface area contributed by atoms with E-state index in [1.54, 1.807) is 18.0 Å². The van der Waals surface area contributed by atoms with E-state index in [1.807, 2.05) is 45.9 Å². The Bertz CT molecular complexity index is 736. The number of ether oxygens (including phenoxy) is 1. The van der Waals surface area contributed by atoms with Gasteiger partial charge in [0.2, 0.25) is 0 Å². The van der Waals surface area contributed by atoms with Crippen LogP contribution in [0.3, 0.4) is 0 Å². The molecule has 1 aromatic rings. The Morgan fingerprint density at radius 1 is 1.24 bits per heavy atom. The second kappa shape index (κ2) is 10.1. The Balaban J connectivity index is 1.79. The van der Waals surface area contributed by atoms with Crippen LogP contribution in [0.4, 0.5) is 4.79 Å². The molecule has 0 aromatic heterocycles. The molecule has 1 aromatic carbocycles. The Morgan fingerprint density at radius 2 is 1.97 bits per heavy atom. The molecule has 0 bridgehead atoms. The molecule has 1 aliphatic rings. The first-order valence-electron chi connectivity index (χ1n) is 10.0. The number of rotatable bonds is 6. The fourth-order valence-electron chi connectivity index (χ4n) is 2.78. The first-order chi connectivity index (χ1) is 13.7. The van der Waals surface area contributed by atoms with E-state index in [0.29, 0.717) is 37.7 Å². The van der Waals surface area contributed by atoms with Crippen LogP contribution < -0.4 is 16.0 Å². The predicted octanol–water partition coefficient (Wildman–Crippen LogP) is 2.11. The van der Waals surface area contributed by atoms with Crippen LogP contribution in [0.2, 0.25) is 0 Å². The van der Waals surface area contributed by atoms with E-state index in [-0.39, 0.29) is 18.0 Å². The molecule has 8 nitrogen and oxygen atoms in total. The summed E-state index contributed by atoms with van der Waals surface area (Å²) in [6, 6.07) is 7.64. The van der Waals surface area contributed by atoms with Gasteiger partial charge in [-0.1, -0.05) is 19.1 Å². The standard InChI is InChI=1S/C21H33N5O3/c1-6-10-23-18(27)16-9-7-8-15(11-16)12-24-19(22-5)25-17-13-26(14-17)20(28)29-21(2,3)4/h7-9,11,17H,6,10,12-14H2,1-5H3,(H,23,27)(H2,22,24,25). The van der Waals surface area contributed by atoms with Crippen molar-refractivity contribution in [2.75, 3.05) is 26.7 Å². The van der Waals surface area contributed by atoms with Crippen molar-refractivity contribution in [1.82, 2.24) is 20.9 Å². The third-order valence-corrected chi connectivity index (χ3v) is 4.28. The summed E-state index contributed by atoms with van der Waals surface area (Å²) in [4.78, 5) is 30.0. The second-order valence-corrected chi connectivity index (χ2v) is 8.11. The highest BCUT2D eigenvalue weighted by atomic mass is 16.6. The molecule has 1 fully saturated rings. The van der Waals surface area contributed by atoms with Gasteiger partial charge in [0.15, 0.2) is 5.96 Å². The number of amides is 2. The number of benzene rings is 1. The van der Waals surface area contributed by atoms with E-state index in [0.717, 1.165) is 12.0 Å². The van der Waals surface area contributed by atoms with Gasteiger partial charge in [0.25, 0.3) is 5.91 Å². The molecule has 0 radical (unpaired) electrons. The van der Waals surface area contributed by atoms with Crippen LogP contribution in [0, 0.1) is 0 Å². The summed E-state index contributed by atoms with van der Waals surface area (Å²) in [5, 5.41) is 9.43. The van der Waals surface area contributed by atoms with Crippen molar-refractivity contribution in [3.05, 3.63) is 35.4 Å². The van der Waals surface area contributed by atoms with Crippen molar-refractivity contribution in [2.24, 2.45) is 4.99 Å². The van der Waals surface area contributed by atoms with Crippen molar-refractivity contribution in [3.63, 3.8) is 0 Å². The van der Waals surface area contributed by atoms with Gasteiger partial charge < -0.3 is 25.6 Å². The fraction of sp³-hybridized carbons (Fsp3) is 0.571. The lowest BCUT2D eigenvalue weighted by molar-refractivity contribution is 0.00700. The maximum Gasteiger partial charge on any atom is 0.410 e. The third-order valence-electron chi connectivity index (χ3n) is 4.28. The number of likely N-dealkylation sites (tertiary alicyclic amines) is 1. The molecule has 0 aliphatic carbocycles. The Morgan fingerprint density at radius 3 is 2.59 bits per heavy atom.